The molecule has 2 aromatic rings. The summed E-state index contributed by atoms with van der Waals surface area (Å²) in [7, 11) is 0. The zero-order chi connectivity index (χ0) is 18.3. The van der Waals surface area contributed by atoms with E-state index in [4.69, 9.17) is 0 Å². The predicted molar refractivity (Wildman–Crippen MR) is 99.7 cm³/mol. The van der Waals surface area contributed by atoms with E-state index in [2.05, 4.69) is 33.4 Å². The second kappa shape index (κ2) is 6.74. The molecule has 1 aliphatic carbocycles. The Hall–Kier alpha value is -1.79. The van der Waals surface area contributed by atoms with Crippen LogP contribution in [0, 0.1) is 0 Å². The van der Waals surface area contributed by atoms with Gasteiger partial charge in [0, 0.05) is 15.9 Å². The summed E-state index contributed by atoms with van der Waals surface area (Å²) in [4.78, 5) is 1.99. The number of nitrogens with one attached hydrogen (secondary N) is 1. The van der Waals surface area contributed by atoms with Crippen LogP contribution >= 0.6 is 15.9 Å². The van der Waals surface area contributed by atoms with Crippen LogP contribution in [0.1, 0.15) is 36.4 Å². The molecule has 0 amide bonds. The van der Waals surface area contributed by atoms with Crippen molar-refractivity contribution in [1.82, 2.24) is 5.32 Å². The first-order chi connectivity index (χ1) is 12.4. The minimum absolute atomic E-state index is 0.127. The normalized spacial score (nSPS) is 20.5. The summed E-state index contributed by atoms with van der Waals surface area (Å²) in [5.74, 6) is 0. The SMILES string of the molecule is FC(F)(F)c1cccc(N2CNC(c3ccc(Br)cc3)C3=C2CCC3)c1. The van der Waals surface area contributed by atoms with Crippen LogP contribution in [0.25, 0.3) is 0 Å². The van der Waals surface area contributed by atoms with Crippen molar-refractivity contribution in [2.45, 2.75) is 31.5 Å². The standard InChI is InChI=1S/C20H18BrF3N2/c21-15-9-7-13(8-10-15)19-17-5-2-6-18(17)26(12-25-19)16-4-1-3-14(11-16)20(22,23)24/h1,3-4,7-11,19,25H,2,5-6,12H2. The molecule has 0 bridgehead atoms. The molecule has 1 heterocycles. The van der Waals surface area contributed by atoms with Gasteiger partial charge in [0.15, 0.2) is 0 Å². The third kappa shape index (κ3) is 3.28. The minimum atomic E-state index is -4.33. The van der Waals surface area contributed by atoms with Crippen molar-refractivity contribution < 1.29 is 13.2 Å². The maximum atomic E-state index is 13.1. The summed E-state index contributed by atoms with van der Waals surface area (Å²) in [5, 5.41) is 3.50. The van der Waals surface area contributed by atoms with E-state index in [0.29, 0.717) is 12.4 Å². The first-order valence-electron chi connectivity index (χ1n) is 8.59. The van der Waals surface area contributed by atoms with Crippen LogP contribution in [-0.2, 0) is 6.18 Å². The van der Waals surface area contributed by atoms with Gasteiger partial charge in [-0.3, -0.25) is 5.32 Å². The number of anilines is 1. The molecule has 136 valence electrons. The van der Waals surface area contributed by atoms with Crippen molar-refractivity contribution in [2.24, 2.45) is 0 Å². The monoisotopic (exact) mass is 422 g/mol. The summed E-state index contributed by atoms with van der Waals surface area (Å²) < 4.78 is 40.2. The Bertz CT molecular complexity index is 843. The molecule has 0 spiro atoms. The fourth-order valence-corrected chi connectivity index (χ4v) is 4.11. The molecule has 0 fully saturated rings. The third-order valence-electron chi connectivity index (χ3n) is 5.05. The largest absolute Gasteiger partial charge is 0.416 e. The number of allylic oxidation sites excluding steroid dienone is 1. The van der Waals surface area contributed by atoms with Gasteiger partial charge >= 0.3 is 6.18 Å². The second-order valence-electron chi connectivity index (χ2n) is 6.65. The molecule has 1 aliphatic heterocycles. The number of hydrogen-bond acceptors (Lipinski definition) is 2. The van der Waals surface area contributed by atoms with Crippen molar-refractivity contribution >= 4 is 21.6 Å². The molecule has 4 rings (SSSR count). The Labute approximate surface area is 158 Å². The fourth-order valence-electron chi connectivity index (χ4n) is 3.84. The number of nitrogens with zero attached hydrogens (tertiary/aromatic N) is 1. The molecule has 2 aliphatic rings. The molecule has 2 nitrogen and oxygen atoms in total. The zero-order valence-corrected chi connectivity index (χ0v) is 15.6. The van der Waals surface area contributed by atoms with Crippen molar-refractivity contribution in [1.29, 1.82) is 0 Å². The molecule has 2 aromatic carbocycles. The van der Waals surface area contributed by atoms with Crippen LogP contribution in [0.2, 0.25) is 0 Å². The molecule has 0 aromatic heterocycles. The molecule has 1 N–H and O–H groups in total. The highest BCUT2D eigenvalue weighted by Crippen LogP contribution is 2.42. The van der Waals surface area contributed by atoms with Gasteiger partial charge in [0.25, 0.3) is 0 Å². The zero-order valence-electron chi connectivity index (χ0n) is 14.0. The Balaban J connectivity index is 1.69. The van der Waals surface area contributed by atoms with Gasteiger partial charge in [-0.25, -0.2) is 0 Å². The number of alkyl halides is 3. The number of halogens is 4. The van der Waals surface area contributed by atoms with Gasteiger partial charge in [-0.1, -0.05) is 34.1 Å². The Kier molecular flexibility index (Phi) is 4.57. The molecular weight excluding hydrogens is 405 g/mol. The quantitative estimate of drug-likeness (QED) is 0.636. The van der Waals surface area contributed by atoms with Crippen LogP contribution in [0.3, 0.4) is 0 Å². The second-order valence-corrected chi connectivity index (χ2v) is 7.56. The van der Waals surface area contributed by atoms with Gasteiger partial charge in [0.05, 0.1) is 18.3 Å². The lowest BCUT2D eigenvalue weighted by molar-refractivity contribution is -0.137. The van der Waals surface area contributed by atoms with E-state index in [1.54, 1.807) is 6.07 Å². The highest BCUT2D eigenvalue weighted by Gasteiger charge is 2.34. The first-order valence-corrected chi connectivity index (χ1v) is 9.38. The van der Waals surface area contributed by atoms with E-state index in [9.17, 15) is 13.2 Å². The summed E-state index contributed by atoms with van der Waals surface area (Å²) in [5.41, 5.74) is 3.62. The van der Waals surface area contributed by atoms with E-state index >= 15 is 0 Å². The van der Waals surface area contributed by atoms with Crippen molar-refractivity contribution in [3.8, 4) is 0 Å². The third-order valence-corrected chi connectivity index (χ3v) is 5.58. The average molecular weight is 423 g/mol. The van der Waals surface area contributed by atoms with Crippen LogP contribution < -0.4 is 10.2 Å². The van der Waals surface area contributed by atoms with Crippen LogP contribution in [-0.4, -0.2) is 6.67 Å². The molecule has 0 saturated heterocycles. The minimum Gasteiger partial charge on any atom is -0.332 e. The summed E-state index contributed by atoms with van der Waals surface area (Å²) >= 11 is 3.46. The van der Waals surface area contributed by atoms with E-state index in [-0.39, 0.29) is 6.04 Å². The van der Waals surface area contributed by atoms with E-state index in [0.717, 1.165) is 35.5 Å². The summed E-state index contributed by atoms with van der Waals surface area (Å²) in [6, 6.07) is 13.9. The molecule has 0 saturated carbocycles. The predicted octanol–water partition coefficient (Wildman–Crippen LogP) is 6.01. The highest BCUT2D eigenvalue weighted by atomic mass is 79.9. The molecule has 1 atom stereocenters. The van der Waals surface area contributed by atoms with Crippen LogP contribution in [0.15, 0.2) is 64.3 Å². The van der Waals surface area contributed by atoms with Gasteiger partial charge in [-0.15, -0.1) is 0 Å². The van der Waals surface area contributed by atoms with Gasteiger partial charge in [-0.05, 0) is 60.7 Å². The Morgan fingerprint density at radius 1 is 1.04 bits per heavy atom. The summed E-state index contributed by atoms with van der Waals surface area (Å²) in [6.07, 6.45) is -1.42. The van der Waals surface area contributed by atoms with Crippen LogP contribution in [0.4, 0.5) is 18.9 Å². The highest BCUT2D eigenvalue weighted by molar-refractivity contribution is 9.10. The van der Waals surface area contributed by atoms with Gasteiger partial charge in [0.1, 0.15) is 0 Å². The van der Waals surface area contributed by atoms with Gasteiger partial charge < -0.3 is 4.90 Å². The number of hydrogen-bond donors (Lipinski definition) is 1. The Morgan fingerprint density at radius 2 is 1.81 bits per heavy atom. The topological polar surface area (TPSA) is 15.3 Å². The van der Waals surface area contributed by atoms with E-state index < -0.39 is 11.7 Å². The van der Waals surface area contributed by atoms with Crippen molar-refractivity contribution in [3.63, 3.8) is 0 Å². The lowest BCUT2D eigenvalue weighted by atomic mass is 9.95. The molecule has 6 heteroatoms. The Morgan fingerprint density at radius 3 is 2.54 bits per heavy atom. The van der Waals surface area contributed by atoms with Gasteiger partial charge in [0.2, 0.25) is 0 Å². The van der Waals surface area contributed by atoms with E-state index in [1.165, 1.54) is 23.3 Å². The van der Waals surface area contributed by atoms with Gasteiger partial charge in [-0.2, -0.15) is 13.2 Å². The maximum Gasteiger partial charge on any atom is 0.416 e. The lowest BCUT2D eigenvalue weighted by Crippen LogP contribution is -2.41. The fraction of sp³-hybridized carbons (Fsp3) is 0.300. The van der Waals surface area contributed by atoms with E-state index in [1.807, 2.05) is 17.0 Å². The number of benzene rings is 2. The summed E-state index contributed by atoms with van der Waals surface area (Å²) in [6.45, 7) is 0.501. The van der Waals surface area contributed by atoms with Crippen LogP contribution in [0.5, 0.6) is 0 Å². The van der Waals surface area contributed by atoms with Crippen molar-refractivity contribution in [2.75, 3.05) is 11.6 Å². The average Bonchev–Trinajstić information content (AvgIpc) is 3.11. The smallest absolute Gasteiger partial charge is 0.332 e. The molecule has 1 unspecified atom stereocenters. The maximum absolute atomic E-state index is 13.1. The van der Waals surface area contributed by atoms with Crippen molar-refractivity contribution in [3.05, 3.63) is 75.4 Å². The first kappa shape index (κ1) is 17.6. The molecule has 0 radical (unpaired) electrons. The molecule has 26 heavy (non-hydrogen) atoms. The lowest BCUT2D eigenvalue weighted by Gasteiger charge is -2.37. The molecular formula is C20H18BrF3N2. The number of rotatable bonds is 2.